The SMILES string of the molecule is C1CCOCC1.C1CCOCC1.COCC(C)C. The number of hydrogen-bond acceptors (Lipinski definition) is 3. The summed E-state index contributed by atoms with van der Waals surface area (Å²) in [5.74, 6) is 0.676. The monoisotopic (exact) mass is 260 g/mol. The zero-order valence-electron chi connectivity index (χ0n) is 12.6. The lowest BCUT2D eigenvalue weighted by atomic mass is 10.2. The Bertz CT molecular complexity index is 106. The highest BCUT2D eigenvalue weighted by molar-refractivity contribution is 4.45. The van der Waals surface area contributed by atoms with Gasteiger partial charge in [-0.25, -0.2) is 0 Å². The molecule has 0 aliphatic carbocycles. The van der Waals surface area contributed by atoms with E-state index in [1.54, 1.807) is 7.11 Å². The topological polar surface area (TPSA) is 27.7 Å². The molecule has 0 amide bonds. The highest BCUT2D eigenvalue weighted by atomic mass is 16.5. The first-order valence-corrected chi connectivity index (χ1v) is 7.41. The largest absolute Gasteiger partial charge is 0.384 e. The van der Waals surface area contributed by atoms with Gasteiger partial charge in [0.2, 0.25) is 0 Å². The summed E-state index contributed by atoms with van der Waals surface area (Å²) in [6, 6.07) is 0. The summed E-state index contributed by atoms with van der Waals surface area (Å²) in [6.45, 7) is 9.13. The van der Waals surface area contributed by atoms with Crippen molar-refractivity contribution in [3.05, 3.63) is 0 Å². The van der Waals surface area contributed by atoms with Crippen molar-refractivity contribution in [1.82, 2.24) is 0 Å². The second-order valence-electron chi connectivity index (χ2n) is 5.20. The van der Waals surface area contributed by atoms with Crippen LogP contribution in [0.3, 0.4) is 0 Å². The Hall–Kier alpha value is -0.120. The normalized spacial score (nSPS) is 19.3. The Morgan fingerprint density at radius 2 is 1.17 bits per heavy atom. The summed E-state index contributed by atoms with van der Waals surface area (Å²) < 4.78 is 14.9. The van der Waals surface area contributed by atoms with Crippen LogP contribution in [0.25, 0.3) is 0 Å². The molecule has 0 unspecified atom stereocenters. The average molecular weight is 260 g/mol. The molecule has 0 aromatic heterocycles. The van der Waals surface area contributed by atoms with Gasteiger partial charge in [-0.15, -0.1) is 0 Å². The van der Waals surface area contributed by atoms with E-state index in [1.807, 2.05) is 0 Å². The van der Waals surface area contributed by atoms with Crippen LogP contribution >= 0.6 is 0 Å². The maximum absolute atomic E-state index is 5.07. The van der Waals surface area contributed by atoms with Crippen LogP contribution in [0.4, 0.5) is 0 Å². The maximum atomic E-state index is 5.07. The molecule has 2 fully saturated rings. The van der Waals surface area contributed by atoms with Crippen LogP contribution in [-0.2, 0) is 14.2 Å². The summed E-state index contributed by atoms with van der Waals surface area (Å²) in [7, 11) is 1.72. The minimum absolute atomic E-state index is 0.676. The van der Waals surface area contributed by atoms with E-state index in [9.17, 15) is 0 Å². The molecule has 0 aromatic carbocycles. The first-order chi connectivity index (χ1) is 8.77. The van der Waals surface area contributed by atoms with Gasteiger partial charge in [-0.1, -0.05) is 13.8 Å². The molecule has 18 heavy (non-hydrogen) atoms. The molecule has 2 aliphatic rings. The number of methoxy groups -OCH3 is 1. The zero-order chi connectivity index (χ0) is 13.5. The van der Waals surface area contributed by atoms with E-state index >= 15 is 0 Å². The van der Waals surface area contributed by atoms with Crippen LogP contribution in [0.15, 0.2) is 0 Å². The second kappa shape index (κ2) is 14.9. The Morgan fingerprint density at radius 1 is 0.778 bits per heavy atom. The third-order valence-electron chi connectivity index (χ3n) is 2.65. The fraction of sp³-hybridized carbons (Fsp3) is 1.00. The maximum Gasteiger partial charge on any atom is 0.0485 e. The number of ether oxygens (including phenoxy) is 3. The van der Waals surface area contributed by atoms with Crippen molar-refractivity contribution >= 4 is 0 Å². The predicted octanol–water partition coefficient (Wildman–Crippen LogP) is 3.66. The van der Waals surface area contributed by atoms with Gasteiger partial charge >= 0.3 is 0 Å². The minimum Gasteiger partial charge on any atom is -0.384 e. The zero-order valence-corrected chi connectivity index (χ0v) is 12.6. The van der Waals surface area contributed by atoms with E-state index in [4.69, 9.17) is 14.2 Å². The molecule has 2 heterocycles. The van der Waals surface area contributed by atoms with Gasteiger partial charge in [-0.05, 0) is 44.4 Å². The minimum atomic E-state index is 0.676. The van der Waals surface area contributed by atoms with Crippen LogP contribution in [0.1, 0.15) is 52.4 Å². The third kappa shape index (κ3) is 15.9. The second-order valence-corrected chi connectivity index (χ2v) is 5.20. The number of rotatable bonds is 2. The van der Waals surface area contributed by atoms with Crippen LogP contribution in [-0.4, -0.2) is 40.1 Å². The number of hydrogen-bond donors (Lipinski definition) is 0. The molecule has 0 N–H and O–H groups in total. The molecule has 0 atom stereocenters. The summed E-state index contributed by atoms with van der Waals surface area (Å²) in [5.41, 5.74) is 0. The molecule has 0 spiro atoms. The van der Waals surface area contributed by atoms with Crippen molar-refractivity contribution < 1.29 is 14.2 Å². The van der Waals surface area contributed by atoms with Gasteiger partial charge in [0.05, 0.1) is 0 Å². The molecule has 2 saturated heterocycles. The fourth-order valence-corrected chi connectivity index (χ4v) is 1.71. The average Bonchev–Trinajstić information content (AvgIpc) is 2.44. The first kappa shape index (κ1) is 17.9. The van der Waals surface area contributed by atoms with Crippen molar-refractivity contribution in [2.24, 2.45) is 5.92 Å². The molecule has 0 aromatic rings. The van der Waals surface area contributed by atoms with Crippen LogP contribution in [0.2, 0.25) is 0 Å². The van der Waals surface area contributed by atoms with Crippen molar-refractivity contribution in [1.29, 1.82) is 0 Å². The van der Waals surface area contributed by atoms with Crippen molar-refractivity contribution in [2.75, 3.05) is 40.1 Å². The van der Waals surface area contributed by atoms with Gasteiger partial charge in [0, 0.05) is 40.1 Å². The molecule has 0 saturated carbocycles. The van der Waals surface area contributed by atoms with E-state index in [0.29, 0.717) is 5.92 Å². The van der Waals surface area contributed by atoms with Crippen molar-refractivity contribution in [2.45, 2.75) is 52.4 Å². The third-order valence-corrected chi connectivity index (χ3v) is 2.65. The Balaban J connectivity index is 0.000000241. The summed E-state index contributed by atoms with van der Waals surface area (Å²) in [5, 5.41) is 0. The van der Waals surface area contributed by atoms with Gasteiger partial charge in [0.1, 0.15) is 0 Å². The Labute approximate surface area is 113 Å². The van der Waals surface area contributed by atoms with Crippen LogP contribution in [0, 0.1) is 5.92 Å². The lowest BCUT2D eigenvalue weighted by molar-refractivity contribution is 0.0967. The van der Waals surface area contributed by atoms with Crippen molar-refractivity contribution in [3.8, 4) is 0 Å². The summed E-state index contributed by atoms with van der Waals surface area (Å²) >= 11 is 0. The molecule has 3 heteroatoms. The van der Waals surface area contributed by atoms with Crippen molar-refractivity contribution in [3.63, 3.8) is 0 Å². The Morgan fingerprint density at radius 3 is 1.22 bits per heavy atom. The standard InChI is InChI=1S/2C5H10O.C5H12O/c2*1-2-4-6-5-3-1;1-5(2)4-6-3/h2*1-5H2;5H,4H2,1-3H3. The van der Waals surface area contributed by atoms with E-state index in [0.717, 1.165) is 33.0 Å². The molecule has 3 nitrogen and oxygen atoms in total. The molecule has 0 bridgehead atoms. The highest BCUT2D eigenvalue weighted by Crippen LogP contribution is 2.02. The van der Waals surface area contributed by atoms with E-state index in [2.05, 4.69) is 13.8 Å². The quantitative estimate of drug-likeness (QED) is 0.758. The molecular weight excluding hydrogens is 228 g/mol. The molecule has 2 rings (SSSR count). The van der Waals surface area contributed by atoms with Crippen LogP contribution in [0.5, 0.6) is 0 Å². The highest BCUT2D eigenvalue weighted by Gasteiger charge is 1.95. The lowest BCUT2D eigenvalue weighted by Gasteiger charge is -2.08. The van der Waals surface area contributed by atoms with E-state index < -0.39 is 0 Å². The van der Waals surface area contributed by atoms with E-state index in [1.165, 1.54) is 38.5 Å². The first-order valence-electron chi connectivity index (χ1n) is 7.41. The summed E-state index contributed by atoms with van der Waals surface area (Å²) in [6.07, 6.45) is 7.86. The van der Waals surface area contributed by atoms with Crippen LogP contribution < -0.4 is 0 Å². The summed E-state index contributed by atoms with van der Waals surface area (Å²) in [4.78, 5) is 0. The smallest absolute Gasteiger partial charge is 0.0485 e. The molecule has 110 valence electrons. The molecular formula is C15H32O3. The fourth-order valence-electron chi connectivity index (χ4n) is 1.71. The predicted molar refractivity (Wildman–Crippen MR) is 76.1 cm³/mol. The van der Waals surface area contributed by atoms with Gasteiger partial charge in [-0.3, -0.25) is 0 Å². The van der Waals surface area contributed by atoms with Gasteiger partial charge in [0.15, 0.2) is 0 Å². The van der Waals surface area contributed by atoms with Gasteiger partial charge in [0.25, 0.3) is 0 Å². The Kier molecular flexibility index (Phi) is 14.8. The van der Waals surface area contributed by atoms with E-state index in [-0.39, 0.29) is 0 Å². The molecule has 0 radical (unpaired) electrons. The van der Waals surface area contributed by atoms with Gasteiger partial charge in [-0.2, -0.15) is 0 Å². The lowest BCUT2D eigenvalue weighted by Crippen LogP contribution is -2.03. The van der Waals surface area contributed by atoms with Gasteiger partial charge < -0.3 is 14.2 Å². The molecule has 2 aliphatic heterocycles.